The molecule has 2 saturated heterocycles. The number of nitro groups is 1. The van der Waals surface area contributed by atoms with E-state index >= 15 is 0 Å². The molecule has 5 aromatic rings. The number of nitrogens with zero attached hydrogens (tertiary/aromatic N) is 5. The summed E-state index contributed by atoms with van der Waals surface area (Å²) in [6, 6.07) is 20.4. The number of carbonyl (C=O) groups is 1. The van der Waals surface area contributed by atoms with E-state index in [1.807, 2.05) is 41.3 Å². The topological polar surface area (TPSA) is 201 Å². The van der Waals surface area contributed by atoms with Gasteiger partial charge in [0.15, 0.2) is 0 Å². The molecule has 2 aromatic heterocycles. The number of nitrogens with two attached hydrogens (primary N) is 1. The average Bonchev–Trinajstić information content (AvgIpc) is 3.71. The highest BCUT2D eigenvalue weighted by molar-refractivity contribution is 7.90. The van der Waals surface area contributed by atoms with Gasteiger partial charge in [-0.3, -0.25) is 19.8 Å². The number of benzene rings is 3. The zero-order valence-corrected chi connectivity index (χ0v) is 38.8. The number of aromatic amines is 1. The minimum Gasteiger partial charge on any atom is -0.474 e. The van der Waals surface area contributed by atoms with E-state index in [4.69, 9.17) is 31.8 Å². The van der Waals surface area contributed by atoms with Crippen LogP contribution in [-0.4, -0.2) is 106 Å². The van der Waals surface area contributed by atoms with Crippen LogP contribution in [0.3, 0.4) is 0 Å². The highest BCUT2D eigenvalue weighted by Gasteiger charge is 2.33. The summed E-state index contributed by atoms with van der Waals surface area (Å²) in [6.45, 7) is 10.7. The maximum Gasteiger partial charge on any atom is 0.293 e. The third-order valence-electron chi connectivity index (χ3n) is 13.3. The molecule has 18 heteroatoms. The van der Waals surface area contributed by atoms with Gasteiger partial charge in [0.25, 0.3) is 21.6 Å². The van der Waals surface area contributed by atoms with Gasteiger partial charge in [0.1, 0.15) is 23.6 Å². The van der Waals surface area contributed by atoms with E-state index < -0.39 is 37.5 Å². The number of pyridine rings is 1. The highest BCUT2D eigenvalue weighted by atomic mass is 35.5. The number of piperazine rings is 1. The molecule has 0 radical (unpaired) electrons. The van der Waals surface area contributed by atoms with Crippen LogP contribution in [0.1, 0.15) is 61.9 Å². The molecule has 4 aliphatic rings. The van der Waals surface area contributed by atoms with E-state index in [0.717, 1.165) is 87.0 Å². The lowest BCUT2D eigenvalue weighted by atomic mass is 9.72. The fourth-order valence-electron chi connectivity index (χ4n) is 9.50. The molecule has 1 unspecified atom stereocenters. The van der Waals surface area contributed by atoms with Crippen molar-refractivity contribution in [2.75, 3.05) is 80.8 Å². The Morgan fingerprint density at radius 2 is 1.79 bits per heavy atom. The van der Waals surface area contributed by atoms with Gasteiger partial charge in [0.2, 0.25) is 5.88 Å². The number of carbonyl (C=O) groups excluding carboxylic acids is 1. The number of anilines is 4. The van der Waals surface area contributed by atoms with Gasteiger partial charge in [-0.15, -0.1) is 0 Å². The Labute approximate surface area is 389 Å². The summed E-state index contributed by atoms with van der Waals surface area (Å²) in [5, 5.41) is 16.9. The molecule has 66 heavy (non-hydrogen) atoms. The summed E-state index contributed by atoms with van der Waals surface area (Å²) in [5.41, 5.74) is 13.2. The molecular formula is C48H56ClN9O7S. The zero-order chi connectivity index (χ0) is 46.2. The highest BCUT2D eigenvalue weighted by Crippen LogP contribution is 2.44. The predicted molar refractivity (Wildman–Crippen MR) is 257 cm³/mol. The van der Waals surface area contributed by atoms with Gasteiger partial charge in [0.05, 0.1) is 27.1 Å². The van der Waals surface area contributed by atoms with Crippen LogP contribution in [0.2, 0.25) is 5.02 Å². The number of sulfonamides is 1. The van der Waals surface area contributed by atoms with Crippen LogP contribution in [0.5, 0.6) is 5.88 Å². The number of aromatic nitrogens is 2. The van der Waals surface area contributed by atoms with E-state index in [1.54, 1.807) is 12.3 Å². The van der Waals surface area contributed by atoms with Gasteiger partial charge >= 0.3 is 0 Å². The van der Waals surface area contributed by atoms with Gasteiger partial charge < -0.3 is 35.3 Å². The lowest BCUT2D eigenvalue weighted by Gasteiger charge is -2.39. The Hall–Kier alpha value is -5.72. The molecule has 348 valence electrons. The molecule has 1 atom stereocenters. The molecular weight excluding hydrogens is 882 g/mol. The molecule has 0 spiro atoms. The van der Waals surface area contributed by atoms with Gasteiger partial charge in [-0.05, 0) is 109 Å². The van der Waals surface area contributed by atoms with E-state index in [9.17, 15) is 23.3 Å². The largest absolute Gasteiger partial charge is 0.474 e. The fourth-order valence-corrected chi connectivity index (χ4v) is 10.6. The number of nitrogens with one attached hydrogen (secondary N) is 3. The number of rotatable bonds is 12. The summed E-state index contributed by atoms with van der Waals surface area (Å²) in [6.07, 6.45) is 6.59. The molecule has 5 N–H and O–H groups in total. The van der Waals surface area contributed by atoms with Crippen LogP contribution in [0.15, 0.2) is 89.5 Å². The molecule has 16 nitrogen and oxygen atoms in total. The minimum atomic E-state index is -4.60. The van der Waals surface area contributed by atoms with Gasteiger partial charge in [-0.25, -0.2) is 13.1 Å². The molecule has 9 rings (SSSR count). The summed E-state index contributed by atoms with van der Waals surface area (Å²) in [5.74, 6) is -0.338. The molecule has 2 fully saturated rings. The van der Waals surface area contributed by atoms with Crippen molar-refractivity contribution in [3.8, 4) is 5.88 Å². The van der Waals surface area contributed by atoms with Crippen LogP contribution in [-0.2, 0) is 14.8 Å². The van der Waals surface area contributed by atoms with Gasteiger partial charge in [0, 0.05) is 87.4 Å². The van der Waals surface area contributed by atoms with Crippen molar-refractivity contribution in [1.29, 1.82) is 0 Å². The van der Waals surface area contributed by atoms with Crippen LogP contribution < -0.4 is 30.3 Å². The molecule has 5 heterocycles. The quantitative estimate of drug-likeness (QED) is 0.0700. The Bertz CT molecular complexity index is 2770. The first-order valence-corrected chi connectivity index (χ1v) is 24.5. The van der Waals surface area contributed by atoms with Crippen molar-refractivity contribution in [3.63, 3.8) is 0 Å². The number of allylic oxidation sites excluding steroid dienone is 1. The monoisotopic (exact) mass is 937 g/mol. The second-order valence-corrected chi connectivity index (χ2v) is 20.7. The van der Waals surface area contributed by atoms with Crippen molar-refractivity contribution in [3.05, 3.63) is 111 Å². The van der Waals surface area contributed by atoms with Crippen molar-refractivity contribution < 1.29 is 27.6 Å². The Kier molecular flexibility index (Phi) is 13.0. The number of hydrogen-bond donors (Lipinski definition) is 4. The number of H-pyrrole nitrogens is 1. The maximum atomic E-state index is 14.4. The second-order valence-electron chi connectivity index (χ2n) is 18.6. The first-order valence-electron chi connectivity index (χ1n) is 22.6. The lowest BCUT2D eigenvalue weighted by Crippen LogP contribution is -2.47. The average molecular weight is 939 g/mol. The normalized spacial score (nSPS) is 19.5. The summed E-state index contributed by atoms with van der Waals surface area (Å²) in [4.78, 5) is 40.1. The minimum absolute atomic E-state index is 0.0568. The maximum absolute atomic E-state index is 14.4. The molecule has 3 aromatic carbocycles. The zero-order valence-electron chi connectivity index (χ0n) is 37.2. The number of fused-ring (bicyclic) bond motifs is 2. The summed E-state index contributed by atoms with van der Waals surface area (Å²) >= 11 is 6.27. The number of halogens is 1. The van der Waals surface area contributed by atoms with Crippen LogP contribution >= 0.6 is 11.6 Å². The Morgan fingerprint density at radius 1 is 1.02 bits per heavy atom. The van der Waals surface area contributed by atoms with Crippen molar-refractivity contribution in [2.45, 2.75) is 56.9 Å². The number of ether oxygens (including phenoxy) is 2. The Balaban J connectivity index is 0.998. The molecule has 1 amide bonds. The lowest BCUT2D eigenvalue weighted by molar-refractivity contribution is -0.384. The molecule has 0 bridgehead atoms. The van der Waals surface area contributed by atoms with E-state index in [2.05, 4.69) is 50.8 Å². The summed E-state index contributed by atoms with van der Waals surface area (Å²) in [7, 11) is -4.60. The fraction of sp³-hybridized carbons (Fsp3) is 0.417. The third-order valence-corrected chi connectivity index (χ3v) is 14.9. The van der Waals surface area contributed by atoms with Crippen LogP contribution in [0, 0.1) is 21.4 Å². The Morgan fingerprint density at radius 3 is 2.55 bits per heavy atom. The second kappa shape index (κ2) is 18.9. The number of nitro benzene ring substituents is 1. The first kappa shape index (κ1) is 45.4. The predicted octanol–water partition coefficient (Wildman–Crippen LogP) is 7.73. The van der Waals surface area contributed by atoms with Gasteiger partial charge in [-0.2, -0.15) is 4.98 Å². The van der Waals surface area contributed by atoms with Crippen molar-refractivity contribution in [2.24, 2.45) is 17.1 Å². The van der Waals surface area contributed by atoms with Crippen molar-refractivity contribution in [1.82, 2.24) is 19.6 Å². The van der Waals surface area contributed by atoms with Crippen molar-refractivity contribution >= 4 is 72.6 Å². The molecule has 3 aliphatic heterocycles. The first-order chi connectivity index (χ1) is 31.7. The van der Waals surface area contributed by atoms with E-state index in [1.165, 1.54) is 28.8 Å². The number of hydrogen-bond acceptors (Lipinski definition) is 13. The van der Waals surface area contributed by atoms with Crippen LogP contribution in [0.25, 0.3) is 16.6 Å². The van der Waals surface area contributed by atoms with Gasteiger partial charge in [-0.1, -0.05) is 43.2 Å². The molecule has 1 aliphatic carbocycles. The van der Waals surface area contributed by atoms with E-state index in [-0.39, 0.29) is 35.7 Å². The number of amides is 1. The smallest absolute Gasteiger partial charge is 0.293 e. The van der Waals surface area contributed by atoms with E-state index in [0.29, 0.717) is 42.7 Å². The SMILES string of the molecule is CC1(C)CCC(CN2CCN(c3ccc(C(=O)NS(=O)(=O)c4ccc(NCC5CCOCC5)c([N+](=O)[O-])c4)c(N4CC(N)COc5nc6[nH]ccc6cc54)c3)CC2)=C(c2ccc(Cl)cc2)C1. The standard InChI is InChI=1S/C48H56ClN9O7S/c1-48(2)15-11-34(40(26-48)32-3-5-35(49)6-4-32)28-55-17-19-56(20-18-55)37-7-9-39(42(24-37)57-29-36(50)30-65-47-44(57)23-33-12-16-51-45(33)53-47)46(59)54-66(62,63)38-8-10-41(43(25-38)58(60)61)52-27-31-13-21-64-22-14-31/h3-10,12,16,23-25,31,36,52H,11,13-15,17-22,26-30,50H2,1-2H3,(H,51,53)(H,54,59). The third kappa shape index (κ3) is 10.0. The summed E-state index contributed by atoms with van der Waals surface area (Å²) < 4.78 is 41.7. The molecule has 0 saturated carbocycles. The van der Waals surface area contributed by atoms with Crippen LogP contribution in [0.4, 0.5) is 28.4 Å².